The second-order valence-corrected chi connectivity index (χ2v) is 4.20. The van der Waals surface area contributed by atoms with E-state index in [0.717, 1.165) is 37.5 Å². The molecular formula is C11H19N3O2. The third-order valence-electron chi connectivity index (χ3n) is 3.26. The quantitative estimate of drug-likeness (QED) is 0.828. The van der Waals surface area contributed by atoms with Gasteiger partial charge in [0.1, 0.15) is 0 Å². The summed E-state index contributed by atoms with van der Waals surface area (Å²) in [5.41, 5.74) is 7.28. The van der Waals surface area contributed by atoms with Gasteiger partial charge in [-0.3, -0.25) is 4.68 Å². The number of nitrogens with two attached hydrogens (primary N) is 1. The number of ether oxygens (including phenoxy) is 2. The van der Waals surface area contributed by atoms with E-state index in [2.05, 4.69) is 5.10 Å². The third kappa shape index (κ3) is 2.05. The van der Waals surface area contributed by atoms with E-state index in [4.69, 9.17) is 15.2 Å². The lowest BCUT2D eigenvalue weighted by molar-refractivity contribution is 0.0572. The van der Waals surface area contributed by atoms with Gasteiger partial charge in [0.15, 0.2) is 5.75 Å². The summed E-state index contributed by atoms with van der Waals surface area (Å²) in [4.78, 5) is 0. The smallest absolute Gasteiger partial charge is 0.161 e. The van der Waals surface area contributed by atoms with Gasteiger partial charge in [-0.25, -0.2) is 0 Å². The van der Waals surface area contributed by atoms with E-state index in [1.807, 2.05) is 7.05 Å². The van der Waals surface area contributed by atoms with Crippen LogP contribution in [0.4, 0.5) is 0 Å². The van der Waals surface area contributed by atoms with E-state index in [9.17, 15) is 0 Å². The Labute approximate surface area is 95.5 Å². The first-order chi connectivity index (χ1) is 7.74. The van der Waals surface area contributed by atoms with Crippen LogP contribution in [-0.4, -0.2) is 30.1 Å². The van der Waals surface area contributed by atoms with Crippen LogP contribution >= 0.6 is 0 Å². The Kier molecular flexibility index (Phi) is 3.46. The van der Waals surface area contributed by atoms with Gasteiger partial charge in [0, 0.05) is 20.3 Å². The van der Waals surface area contributed by atoms with Crippen molar-refractivity contribution in [3.05, 3.63) is 11.9 Å². The first kappa shape index (κ1) is 11.4. The van der Waals surface area contributed by atoms with Crippen LogP contribution in [0.3, 0.4) is 0 Å². The Morgan fingerprint density at radius 1 is 1.56 bits per heavy atom. The zero-order chi connectivity index (χ0) is 11.5. The zero-order valence-corrected chi connectivity index (χ0v) is 9.85. The normalized spacial score (nSPS) is 19.7. The number of hydrogen-bond acceptors (Lipinski definition) is 4. The Morgan fingerprint density at radius 3 is 2.88 bits per heavy atom. The summed E-state index contributed by atoms with van der Waals surface area (Å²) in [6.45, 7) is 1.61. The number of methoxy groups -OCH3 is 1. The highest BCUT2D eigenvalue weighted by molar-refractivity contribution is 5.28. The topological polar surface area (TPSA) is 62.3 Å². The highest BCUT2D eigenvalue weighted by atomic mass is 16.5. The molecule has 16 heavy (non-hydrogen) atoms. The van der Waals surface area contributed by atoms with Crippen LogP contribution in [0.1, 0.15) is 24.6 Å². The van der Waals surface area contributed by atoms with Crippen LogP contribution < -0.4 is 10.5 Å². The molecule has 1 aromatic heterocycles. The van der Waals surface area contributed by atoms with Crippen LogP contribution in [0.15, 0.2) is 6.20 Å². The highest BCUT2D eigenvalue weighted by Gasteiger charge is 2.27. The summed E-state index contributed by atoms with van der Waals surface area (Å²) < 4.78 is 12.4. The largest absolute Gasteiger partial charge is 0.493 e. The fourth-order valence-corrected chi connectivity index (χ4v) is 2.26. The summed E-state index contributed by atoms with van der Waals surface area (Å²) in [6, 6.07) is -0.0219. The molecule has 0 amide bonds. The Bertz CT molecular complexity index is 345. The van der Waals surface area contributed by atoms with E-state index >= 15 is 0 Å². The molecule has 0 aliphatic carbocycles. The monoisotopic (exact) mass is 225 g/mol. The Hall–Kier alpha value is -1.07. The lowest BCUT2D eigenvalue weighted by Crippen LogP contribution is -2.29. The van der Waals surface area contributed by atoms with Crippen molar-refractivity contribution in [1.29, 1.82) is 0 Å². The molecule has 1 atom stereocenters. The minimum Gasteiger partial charge on any atom is -0.493 e. The van der Waals surface area contributed by atoms with E-state index in [1.54, 1.807) is 18.0 Å². The van der Waals surface area contributed by atoms with E-state index in [1.165, 1.54) is 0 Å². The first-order valence-corrected chi connectivity index (χ1v) is 5.63. The van der Waals surface area contributed by atoms with Gasteiger partial charge in [-0.2, -0.15) is 5.10 Å². The van der Waals surface area contributed by atoms with Gasteiger partial charge in [0.05, 0.1) is 25.0 Å². The molecule has 0 bridgehead atoms. The molecule has 2 heterocycles. The van der Waals surface area contributed by atoms with Gasteiger partial charge < -0.3 is 15.2 Å². The first-order valence-electron chi connectivity index (χ1n) is 5.63. The second kappa shape index (κ2) is 4.84. The fourth-order valence-electron chi connectivity index (χ4n) is 2.26. The number of aryl methyl sites for hydroxylation is 1. The lowest BCUT2D eigenvalue weighted by atomic mass is 9.90. The molecule has 1 aliphatic rings. The predicted octanol–water partition coefficient (Wildman–Crippen LogP) is 0.855. The molecule has 1 aliphatic heterocycles. The van der Waals surface area contributed by atoms with Crippen LogP contribution in [0.25, 0.3) is 0 Å². The molecule has 2 N–H and O–H groups in total. The average molecular weight is 225 g/mol. The minimum absolute atomic E-state index is 0.0219. The van der Waals surface area contributed by atoms with Gasteiger partial charge in [0.25, 0.3) is 0 Å². The Morgan fingerprint density at radius 2 is 2.25 bits per heavy atom. The van der Waals surface area contributed by atoms with Crippen molar-refractivity contribution in [3.8, 4) is 5.75 Å². The SMILES string of the molecule is COc1cnn(C)c1C(N)C1CCOCC1. The lowest BCUT2D eigenvalue weighted by Gasteiger charge is -2.28. The van der Waals surface area contributed by atoms with Crippen LogP contribution in [0, 0.1) is 5.92 Å². The maximum Gasteiger partial charge on any atom is 0.161 e. The molecule has 2 rings (SSSR count). The number of nitrogens with zero attached hydrogens (tertiary/aromatic N) is 2. The molecule has 1 saturated heterocycles. The summed E-state index contributed by atoms with van der Waals surface area (Å²) >= 11 is 0. The third-order valence-corrected chi connectivity index (χ3v) is 3.26. The predicted molar refractivity (Wildman–Crippen MR) is 60.2 cm³/mol. The van der Waals surface area contributed by atoms with Gasteiger partial charge >= 0.3 is 0 Å². The molecule has 0 radical (unpaired) electrons. The maximum absolute atomic E-state index is 6.30. The van der Waals surface area contributed by atoms with Crippen molar-refractivity contribution in [3.63, 3.8) is 0 Å². The molecule has 0 saturated carbocycles. The van der Waals surface area contributed by atoms with Crippen LogP contribution in [-0.2, 0) is 11.8 Å². The van der Waals surface area contributed by atoms with Crippen molar-refractivity contribution in [2.24, 2.45) is 18.7 Å². The Balaban J connectivity index is 2.18. The fraction of sp³-hybridized carbons (Fsp3) is 0.727. The molecule has 1 unspecified atom stereocenters. The van der Waals surface area contributed by atoms with Crippen molar-refractivity contribution in [2.45, 2.75) is 18.9 Å². The van der Waals surface area contributed by atoms with Crippen molar-refractivity contribution in [2.75, 3.05) is 20.3 Å². The van der Waals surface area contributed by atoms with Gasteiger partial charge in [0.2, 0.25) is 0 Å². The van der Waals surface area contributed by atoms with Crippen molar-refractivity contribution < 1.29 is 9.47 Å². The second-order valence-electron chi connectivity index (χ2n) is 4.20. The number of rotatable bonds is 3. The van der Waals surface area contributed by atoms with E-state index in [-0.39, 0.29) is 6.04 Å². The van der Waals surface area contributed by atoms with Crippen molar-refractivity contribution in [1.82, 2.24) is 9.78 Å². The molecule has 1 fully saturated rings. The van der Waals surface area contributed by atoms with Crippen LogP contribution in [0.5, 0.6) is 5.75 Å². The molecular weight excluding hydrogens is 206 g/mol. The molecule has 0 spiro atoms. The number of hydrogen-bond donors (Lipinski definition) is 1. The van der Waals surface area contributed by atoms with Crippen molar-refractivity contribution >= 4 is 0 Å². The molecule has 1 aromatic rings. The van der Waals surface area contributed by atoms with E-state index in [0.29, 0.717) is 5.92 Å². The molecule has 5 heteroatoms. The highest BCUT2D eigenvalue weighted by Crippen LogP contribution is 2.32. The summed E-state index contributed by atoms with van der Waals surface area (Å²) in [7, 11) is 3.55. The average Bonchev–Trinajstić information content (AvgIpc) is 2.70. The zero-order valence-electron chi connectivity index (χ0n) is 9.85. The molecule has 90 valence electrons. The maximum atomic E-state index is 6.30. The summed E-state index contributed by atoms with van der Waals surface area (Å²) in [5, 5.41) is 4.18. The summed E-state index contributed by atoms with van der Waals surface area (Å²) in [5.74, 6) is 1.24. The number of aromatic nitrogens is 2. The standard InChI is InChI=1S/C11H19N3O2/c1-14-11(9(15-2)7-13-14)10(12)8-3-5-16-6-4-8/h7-8,10H,3-6,12H2,1-2H3. The van der Waals surface area contributed by atoms with Crippen LogP contribution in [0.2, 0.25) is 0 Å². The summed E-state index contributed by atoms with van der Waals surface area (Å²) in [6.07, 6.45) is 3.74. The molecule has 5 nitrogen and oxygen atoms in total. The van der Waals surface area contributed by atoms with Gasteiger partial charge in [-0.15, -0.1) is 0 Å². The van der Waals surface area contributed by atoms with Gasteiger partial charge in [-0.05, 0) is 18.8 Å². The van der Waals surface area contributed by atoms with E-state index < -0.39 is 0 Å². The minimum atomic E-state index is -0.0219. The molecule has 0 aromatic carbocycles. The van der Waals surface area contributed by atoms with Gasteiger partial charge in [-0.1, -0.05) is 0 Å².